The van der Waals surface area contributed by atoms with Crippen LogP contribution in [0.2, 0.25) is 0 Å². The summed E-state index contributed by atoms with van der Waals surface area (Å²) in [5.41, 5.74) is 3.95. The molecule has 4 nitrogen and oxygen atoms in total. The van der Waals surface area contributed by atoms with Gasteiger partial charge in [-0.25, -0.2) is 5.43 Å². The number of carbonyl (C=O) groups is 1. The number of nitrogens with zero attached hydrogens (tertiary/aromatic N) is 1. The molecule has 2 aromatic carbocycles. The van der Waals surface area contributed by atoms with E-state index in [-0.39, 0.29) is 11.7 Å². The van der Waals surface area contributed by atoms with Crippen LogP contribution in [-0.2, 0) is 0 Å². The lowest BCUT2D eigenvalue weighted by molar-refractivity contribution is -0.0498. The largest absolute Gasteiger partial charge is 0.435 e. The molecule has 0 saturated heterocycles. The third kappa shape index (κ3) is 4.37. The van der Waals surface area contributed by atoms with Crippen molar-refractivity contribution in [2.24, 2.45) is 5.10 Å². The Hall–Kier alpha value is -2.76. The van der Waals surface area contributed by atoms with Crippen LogP contribution in [0.5, 0.6) is 5.75 Å². The highest BCUT2D eigenvalue weighted by Crippen LogP contribution is 2.16. The van der Waals surface area contributed by atoms with Crippen LogP contribution in [0.25, 0.3) is 0 Å². The van der Waals surface area contributed by atoms with Gasteiger partial charge in [-0.05, 0) is 31.2 Å². The maximum atomic E-state index is 12.2. The van der Waals surface area contributed by atoms with Crippen molar-refractivity contribution >= 4 is 11.6 Å². The van der Waals surface area contributed by atoms with Gasteiger partial charge in [0.25, 0.3) is 5.91 Å². The zero-order valence-electron chi connectivity index (χ0n) is 11.8. The Bertz CT molecular complexity index is 673. The first-order chi connectivity index (χ1) is 10.6. The predicted octanol–water partition coefficient (Wildman–Crippen LogP) is 3.44. The molecule has 0 bridgehead atoms. The monoisotopic (exact) mass is 304 g/mol. The van der Waals surface area contributed by atoms with Crippen molar-refractivity contribution in [2.75, 3.05) is 0 Å². The van der Waals surface area contributed by atoms with Gasteiger partial charge >= 0.3 is 6.61 Å². The second-order valence-corrected chi connectivity index (χ2v) is 4.41. The first kappa shape index (κ1) is 15.6. The van der Waals surface area contributed by atoms with Crippen molar-refractivity contribution < 1.29 is 18.3 Å². The number of benzene rings is 2. The minimum atomic E-state index is -2.88. The van der Waals surface area contributed by atoms with E-state index < -0.39 is 6.61 Å². The zero-order valence-corrected chi connectivity index (χ0v) is 11.8. The topological polar surface area (TPSA) is 50.7 Å². The summed E-state index contributed by atoms with van der Waals surface area (Å²) in [5, 5.41) is 3.97. The Balaban J connectivity index is 2.07. The summed E-state index contributed by atoms with van der Waals surface area (Å²) in [7, 11) is 0. The molecule has 1 amide bonds. The van der Waals surface area contributed by atoms with E-state index in [4.69, 9.17) is 0 Å². The average molecular weight is 304 g/mol. The van der Waals surface area contributed by atoms with Crippen LogP contribution < -0.4 is 10.2 Å². The lowest BCUT2D eigenvalue weighted by Crippen LogP contribution is -2.19. The molecule has 2 rings (SSSR count). The van der Waals surface area contributed by atoms with Gasteiger partial charge in [0.2, 0.25) is 0 Å². The van der Waals surface area contributed by atoms with E-state index in [2.05, 4.69) is 15.3 Å². The van der Waals surface area contributed by atoms with E-state index >= 15 is 0 Å². The maximum Gasteiger partial charge on any atom is 0.387 e. The van der Waals surface area contributed by atoms with Gasteiger partial charge in [0.15, 0.2) is 0 Å². The fourth-order valence-corrected chi connectivity index (χ4v) is 1.75. The SMILES string of the molecule is C/C(=N/NC(=O)c1ccccc1)c1cccc(OC(F)F)c1. The van der Waals surface area contributed by atoms with Crippen molar-refractivity contribution in [3.8, 4) is 5.75 Å². The van der Waals surface area contributed by atoms with Gasteiger partial charge in [-0.2, -0.15) is 13.9 Å². The summed E-state index contributed by atoms with van der Waals surface area (Å²) in [6.45, 7) is -1.22. The van der Waals surface area contributed by atoms with E-state index in [9.17, 15) is 13.6 Å². The molecule has 22 heavy (non-hydrogen) atoms. The molecule has 0 aromatic heterocycles. The Morgan fingerprint density at radius 3 is 2.45 bits per heavy atom. The summed E-state index contributed by atoms with van der Waals surface area (Å²) in [5.74, 6) is -0.309. The van der Waals surface area contributed by atoms with Gasteiger partial charge in [-0.15, -0.1) is 0 Å². The highest BCUT2D eigenvalue weighted by molar-refractivity contribution is 6.01. The van der Waals surface area contributed by atoms with Gasteiger partial charge in [-0.1, -0.05) is 30.3 Å². The number of nitrogens with one attached hydrogen (secondary N) is 1. The lowest BCUT2D eigenvalue weighted by Gasteiger charge is -2.07. The number of alkyl halides is 2. The highest BCUT2D eigenvalue weighted by atomic mass is 19.3. The average Bonchev–Trinajstić information content (AvgIpc) is 2.52. The molecule has 1 N–H and O–H groups in total. The fraction of sp³-hybridized carbons (Fsp3) is 0.125. The Morgan fingerprint density at radius 1 is 1.09 bits per heavy atom. The Morgan fingerprint density at radius 2 is 1.77 bits per heavy atom. The maximum absolute atomic E-state index is 12.2. The van der Waals surface area contributed by atoms with Crippen LogP contribution in [0.1, 0.15) is 22.8 Å². The van der Waals surface area contributed by atoms with Crippen LogP contribution in [0.15, 0.2) is 59.7 Å². The van der Waals surface area contributed by atoms with Crippen LogP contribution in [0, 0.1) is 0 Å². The molecule has 0 saturated carbocycles. The fourth-order valence-electron chi connectivity index (χ4n) is 1.75. The zero-order chi connectivity index (χ0) is 15.9. The minimum absolute atomic E-state index is 0.0384. The van der Waals surface area contributed by atoms with Gasteiger partial charge < -0.3 is 4.74 Å². The third-order valence-electron chi connectivity index (χ3n) is 2.84. The van der Waals surface area contributed by atoms with Gasteiger partial charge in [-0.3, -0.25) is 4.79 Å². The van der Waals surface area contributed by atoms with Crippen molar-refractivity contribution in [3.05, 3.63) is 65.7 Å². The van der Waals surface area contributed by atoms with Crippen molar-refractivity contribution in [3.63, 3.8) is 0 Å². The number of rotatable bonds is 5. The number of hydrogen-bond acceptors (Lipinski definition) is 3. The summed E-state index contributed by atoms with van der Waals surface area (Å²) in [4.78, 5) is 11.9. The molecule has 0 aliphatic heterocycles. The highest BCUT2D eigenvalue weighted by Gasteiger charge is 2.07. The molecule has 0 heterocycles. The number of halogens is 2. The smallest absolute Gasteiger partial charge is 0.387 e. The molecule has 114 valence electrons. The van der Waals surface area contributed by atoms with E-state index in [0.717, 1.165) is 0 Å². The molecule has 0 unspecified atom stereocenters. The standard InChI is InChI=1S/C16H14F2N2O2/c1-11(13-8-5-9-14(10-13)22-16(17)18)19-20-15(21)12-6-3-2-4-7-12/h2-10,16H,1H3,(H,20,21)/b19-11-. The van der Waals surface area contributed by atoms with Crippen LogP contribution in [0.3, 0.4) is 0 Å². The lowest BCUT2D eigenvalue weighted by atomic mass is 10.1. The minimum Gasteiger partial charge on any atom is -0.435 e. The Kier molecular flexibility index (Phi) is 5.19. The molecule has 0 aliphatic carbocycles. The number of hydrogen-bond donors (Lipinski definition) is 1. The number of carbonyl (C=O) groups excluding carboxylic acids is 1. The first-order valence-corrected chi connectivity index (χ1v) is 6.51. The number of hydrazone groups is 1. The van der Waals surface area contributed by atoms with Crippen LogP contribution >= 0.6 is 0 Å². The molecule has 0 atom stereocenters. The molecule has 0 fully saturated rings. The molecule has 2 aromatic rings. The molecule has 0 spiro atoms. The van der Waals surface area contributed by atoms with E-state index in [1.807, 2.05) is 0 Å². The van der Waals surface area contributed by atoms with E-state index in [0.29, 0.717) is 16.8 Å². The van der Waals surface area contributed by atoms with Gasteiger partial charge in [0.05, 0.1) is 5.71 Å². The summed E-state index contributed by atoms with van der Waals surface area (Å²) >= 11 is 0. The van der Waals surface area contributed by atoms with Crippen molar-refractivity contribution in [1.29, 1.82) is 0 Å². The molecule has 0 radical (unpaired) electrons. The summed E-state index contributed by atoms with van der Waals surface area (Å²) < 4.78 is 28.7. The van der Waals surface area contributed by atoms with Crippen LogP contribution in [0.4, 0.5) is 8.78 Å². The molecule has 6 heteroatoms. The van der Waals surface area contributed by atoms with Crippen LogP contribution in [-0.4, -0.2) is 18.2 Å². The molecule has 0 aliphatic rings. The van der Waals surface area contributed by atoms with E-state index in [1.165, 1.54) is 12.1 Å². The number of amides is 1. The predicted molar refractivity (Wildman–Crippen MR) is 79.2 cm³/mol. The molecular weight excluding hydrogens is 290 g/mol. The molecular formula is C16H14F2N2O2. The normalized spacial score (nSPS) is 11.4. The Labute approximate surface area is 126 Å². The van der Waals surface area contributed by atoms with Crippen molar-refractivity contribution in [1.82, 2.24) is 5.43 Å². The third-order valence-corrected chi connectivity index (χ3v) is 2.84. The second-order valence-electron chi connectivity index (χ2n) is 4.41. The quantitative estimate of drug-likeness (QED) is 0.679. The van der Waals surface area contributed by atoms with E-state index in [1.54, 1.807) is 49.4 Å². The number of ether oxygens (including phenoxy) is 1. The summed E-state index contributed by atoms with van der Waals surface area (Å²) in [6, 6.07) is 14.7. The van der Waals surface area contributed by atoms with Gasteiger partial charge in [0, 0.05) is 11.1 Å². The summed E-state index contributed by atoms with van der Waals surface area (Å²) in [6.07, 6.45) is 0. The van der Waals surface area contributed by atoms with Gasteiger partial charge in [0.1, 0.15) is 5.75 Å². The van der Waals surface area contributed by atoms with Crippen molar-refractivity contribution in [2.45, 2.75) is 13.5 Å². The first-order valence-electron chi connectivity index (χ1n) is 6.51. The second kappa shape index (κ2) is 7.31.